The van der Waals surface area contributed by atoms with Crippen LogP contribution in [0.4, 0.5) is 0 Å². The summed E-state index contributed by atoms with van der Waals surface area (Å²) in [5.74, 6) is -5.25. The number of phenolic OH excluding ortho intramolecular Hbond substituents is 1. The molecule has 3 unspecified atom stereocenters. The average molecular weight is 540 g/mol. The molecule has 0 aliphatic rings. The second kappa shape index (κ2) is 13.1. The normalized spacial score (nSPS) is 13.2. The molecule has 0 bridgehead atoms. The minimum atomic E-state index is -1.68. The third-order valence-corrected chi connectivity index (χ3v) is 5.90. The first-order chi connectivity index (χ1) is 18.5. The molecule has 3 rings (SSSR count). The van der Waals surface area contributed by atoms with Crippen LogP contribution in [0, 0.1) is 0 Å². The minimum Gasteiger partial charge on any atom is -0.508 e. The number of nitrogens with one attached hydrogen (secondary N) is 4. The highest BCUT2D eigenvalue weighted by Crippen LogP contribution is 2.19. The van der Waals surface area contributed by atoms with Crippen molar-refractivity contribution in [2.75, 3.05) is 6.54 Å². The molecular weight excluding hydrogens is 510 g/mol. The number of rotatable bonds is 13. The molecule has 0 saturated carbocycles. The van der Waals surface area contributed by atoms with Gasteiger partial charge in [-0.3, -0.25) is 19.2 Å². The summed E-state index contributed by atoms with van der Waals surface area (Å²) in [5.41, 5.74) is 8.44. The van der Waals surface area contributed by atoms with E-state index in [1.165, 1.54) is 12.1 Å². The Hall–Kier alpha value is -4.91. The number of carbonyl (C=O) groups excluding carboxylic acids is 3. The fraction of sp³-hybridized carbons (Fsp3) is 0.269. The number of aromatic hydroxyl groups is 1. The van der Waals surface area contributed by atoms with E-state index >= 15 is 0 Å². The molecule has 3 atom stereocenters. The van der Waals surface area contributed by atoms with Gasteiger partial charge in [-0.25, -0.2) is 4.79 Å². The quantitative estimate of drug-likeness (QED) is 0.142. The molecule has 0 saturated heterocycles. The zero-order valence-corrected chi connectivity index (χ0v) is 20.7. The monoisotopic (exact) mass is 539 g/mol. The molecule has 3 amide bonds. The largest absolute Gasteiger partial charge is 0.508 e. The molecule has 1 aromatic heterocycles. The zero-order valence-electron chi connectivity index (χ0n) is 20.7. The number of amides is 3. The number of hydrogen-bond acceptors (Lipinski definition) is 7. The predicted octanol–water partition coefficient (Wildman–Crippen LogP) is -0.369. The lowest BCUT2D eigenvalue weighted by Crippen LogP contribution is -2.54. The van der Waals surface area contributed by atoms with Crippen molar-refractivity contribution >= 4 is 40.6 Å². The van der Waals surface area contributed by atoms with Crippen molar-refractivity contribution in [3.63, 3.8) is 0 Å². The van der Waals surface area contributed by atoms with Gasteiger partial charge in [-0.15, -0.1) is 0 Å². The molecule has 0 aliphatic carbocycles. The number of carbonyl (C=O) groups is 5. The number of carboxylic acid groups (broad SMARTS) is 2. The van der Waals surface area contributed by atoms with Gasteiger partial charge in [0, 0.05) is 23.5 Å². The van der Waals surface area contributed by atoms with Crippen LogP contribution in [0.15, 0.2) is 54.7 Å². The van der Waals surface area contributed by atoms with Crippen molar-refractivity contribution in [1.82, 2.24) is 20.9 Å². The van der Waals surface area contributed by atoms with Gasteiger partial charge in [0.15, 0.2) is 0 Å². The third-order valence-electron chi connectivity index (χ3n) is 5.90. The Labute approximate surface area is 222 Å². The number of carboxylic acids is 2. The molecule has 206 valence electrons. The van der Waals surface area contributed by atoms with Gasteiger partial charge < -0.3 is 42.0 Å². The van der Waals surface area contributed by atoms with Crippen LogP contribution < -0.4 is 21.7 Å². The number of aliphatic carboxylic acids is 2. The number of H-pyrrole nitrogens is 1. The lowest BCUT2D eigenvalue weighted by atomic mass is 10.0. The first-order valence-corrected chi connectivity index (χ1v) is 11.9. The Bertz CT molecular complexity index is 1350. The molecule has 0 spiro atoms. The fourth-order valence-electron chi connectivity index (χ4n) is 3.90. The van der Waals surface area contributed by atoms with Gasteiger partial charge in [-0.1, -0.05) is 30.3 Å². The number of aromatic nitrogens is 1. The van der Waals surface area contributed by atoms with Gasteiger partial charge in [0.25, 0.3) is 0 Å². The van der Waals surface area contributed by atoms with Gasteiger partial charge in [-0.2, -0.15) is 0 Å². The van der Waals surface area contributed by atoms with Crippen LogP contribution in [-0.2, 0) is 36.8 Å². The lowest BCUT2D eigenvalue weighted by Gasteiger charge is -2.21. The maximum absolute atomic E-state index is 13.0. The fourth-order valence-corrected chi connectivity index (χ4v) is 3.90. The number of para-hydroxylation sites is 1. The Morgan fingerprint density at radius 1 is 0.872 bits per heavy atom. The molecule has 2 aromatic carbocycles. The maximum Gasteiger partial charge on any atom is 0.326 e. The van der Waals surface area contributed by atoms with Crippen molar-refractivity contribution in [2.24, 2.45) is 5.73 Å². The van der Waals surface area contributed by atoms with E-state index in [2.05, 4.69) is 15.6 Å². The SMILES string of the molecule is NC(Cc1c[nH]c2ccccc12)C(=O)NC(Cc1ccc(O)cc1)C(=O)NCC(=O)NC(CC(=O)O)C(=O)O. The van der Waals surface area contributed by atoms with Gasteiger partial charge in [0.1, 0.15) is 17.8 Å². The van der Waals surface area contributed by atoms with E-state index in [9.17, 15) is 29.1 Å². The molecule has 9 N–H and O–H groups in total. The third kappa shape index (κ3) is 8.30. The molecule has 0 aliphatic heterocycles. The molecule has 1 heterocycles. The summed E-state index contributed by atoms with van der Waals surface area (Å²) in [6.45, 7) is -0.661. The number of phenols is 1. The maximum atomic E-state index is 13.0. The van der Waals surface area contributed by atoms with Crippen LogP contribution in [0.5, 0.6) is 5.75 Å². The molecular formula is C26H29N5O8. The van der Waals surface area contributed by atoms with Crippen LogP contribution in [0.1, 0.15) is 17.5 Å². The van der Waals surface area contributed by atoms with Crippen molar-refractivity contribution in [3.8, 4) is 5.75 Å². The van der Waals surface area contributed by atoms with Crippen LogP contribution >= 0.6 is 0 Å². The number of fused-ring (bicyclic) bond motifs is 1. The van der Waals surface area contributed by atoms with Gasteiger partial charge in [0.2, 0.25) is 17.7 Å². The first kappa shape index (κ1) is 28.7. The highest BCUT2D eigenvalue weighted by Gasteiger charge is 2.27. The summed E-state index contributed by atoms with van der Waals surface area (Å²) < 4.78 is 0. The van der Waals surface area contributed by atoms with Crippen molar-refractivity contribution in [3.05, 3.63) is 65.9 Å². The Morgan fingerprint density at radius 2 is 1.56 bits per heavy atom. The number of nitrogens with two attached hydrogens (primary N) is 1. The van der Waals surface area contributed by atoms with E-state index in [0.717, 1.165) is 16.5 Å². The second-order valence-electron chi connectivity index (χ2n) is 8.88. The molecule has 39 heavy (non-hydrogen) atoms. The summed E-state index contributed by atoms with van der Waals surface area (Å²) >= 11 is 0. The number of aromatic amines is 1. The summed E-state index contributed by atoms with van der Waals surface area (Å²) in [6, 6.07) is 9.61. The van der Waals surface area contributed by atoms with Crippen LogP contribution in [0.25, 0.3) is 10.9 Å². The van der Waals surface area contributed by atoms with Crippen molar-refractivity contribution < 1.29 is 39.3 Å². The summed E-state index contributed by atoms with van der Waals surface area (Å²) in [7, 11) is 0. The summed E-state index contributed by atoms with van der Waals surface area (Å²) in [4.78, 5) is 63.2. The predicted molar refractivity (Wildman–Crippen MR) is 139 cm³/mol. The van der Waals surface area contributed by atoms with Gasteiger partial charge >= 0.3 is 11.9 Å². The van der Waals surface area contributed by atoms with E-state index in [-0.39, 0.29) is 18.6 Å². The Balaban J connectivity index is 1.67. The molecule has 0 fully saturated rings. The van der Waals surface area contributed by atoms with E-state index in [4.69, 9.17) is 15.9 Å². The Morgan fingerprint density at radius 3 is 2.23 bits per heavy atom. The second-order valence-corrected chi connectivity index (χ2v) is 8.88. The van der Waals surface area contributed by atoms with Gasteiger partial charge in [-0.05, 0) is 35.7 Å². The van der Waals surface area contributed by atoms with Crippen molar-refractivity contribution in [1.29, 1.82) is 0 Å². The highest BCUT2D eigenvalue weighted by molar-refractivity contribution is 5.93. The number of benzene rings is 2. The van der Waals surface area contributed by atoms with E-state index in [0.29, 0.717) is 5.56 Å². The van der Waals surface area contributed by atoms with E-state index in [1.807, 2.05) is 29.6 Å². The standard InChI is InChI=1S/C26H29N5O8/c27-18(10-15-12-28-19-4-2-1-3-17(15)19)24(36)31-20(9-14-5-7-16(32)8-6-14)25(37)29-13-22(33)30-21(26(38)39)11-23(34)35/h1-8,12,18,20-21,28,32H,9-11,13,27H2,(H,29,37)(H,30,33)(H,31,36)(H,34,35)(H,38,39). The first-order valence-electron chi connectivity index (χ1n) is 11.9. The van der Waals surface area contributed by atoms with Crippen LogP contribution in [0.2, 0.25) is 0 Å². The molecule has 13 heteroatoms. The average Bonchev–Trinajstić information content (AvgIpc) is 3.30. The molecule has 3 aromatic rings. The molecule has 13 nitrogen and oxygen atoms in total. The van der Waals surface area contributed by atoms with Gasteiger partial charge in [0.05, 0.1) is 19.0 Å². The number of hydrogen-bond donors (Lipinski definition) is 8. The summed E-state index contributed by atoms with van der Waals surface area (Å²) in [5, 5.41) is 35.3. The van der Waals surface area contributed by atoms with Crippen LogP contribution in [0.3, 0.4) is 0 Å². The van der Waals surface area contributed by atoms with E-state index in [1.54, 1.807) is 18.3 Å². The Kier molecular flexibility index (Phi) is 9.59. The lowest BCUT2D eigenvalue weighted by molar-refractivity contribution is -0.147. The topological polar surface area (TPSA) is 224 Å². The summed E-state index contributed by atoms with van der Waals surface area (Å²) in [6.07, 6.45) is 1.09. The molecule has 0 radical (unpaired) electrons. The zero-order chi connectivity index (χ0) is 28.5. The minimum absolute atomic E-state index is 0.00393. The highest BCUT2D eigenvalue weighted by atomic mass is 16.4. The van der Waals surface area contributed by atoms with Crippen LogP contribution in [-0.4, -0.2) is 74.6 Å². The smallest absolute Gasteiger partial charge is 0.326 e. The van der Waals surface area contributed by atoms with E-state index < -0.39 is 60.8 Å². The van der Waals surface area contributed by atoms with Crippen molar-refractivity contribution in [2.45, 2.75) is 37.4 Å².